The molecule has 2 saturated heterocycles. The molecule has 4 rings (SSSR count). The van der Waals surface area contributed by atoms with Crippen LogP contribution in [0, 0.1) is 6.92 Å². The summed E-state index contributed by atoms with van der Waals surface area (Å²) in [6.07, 6.45) is 3.57. The third-order valence-corrected chi connectivity index (χ3v) is 6.64. The number of nitrogens with one attached hydrogen (secondary N) is 1. The highest BCUT2D eigenvalue weighted by molar-refractivity contribution is 7.13. The Balaban J connectivity index is 1.30. The lowest BCUT2D eigenvalue weighted by atomic mass is 10.0. The van der Waals surface area contributed by atoms with Crippen LogP contribution < -0.4 is 10.2 Å². The molecular weight excluding hydrogens is 382 g/mol. The highest BCUT2D eigenvalue weighted by Crippen LogP contribution is 2.26. The molecule has 6 nitrogen and oxygen atoms in total. The number of anilines is 1. The predicted octanol–water partition coefficient (Wildman–Crippen LogP) is 3.24. The SMILES string of the molecule is CN=C(NCCc1csc(N2CCCC2)n1)N1CCOC(c2ccccc2C)C1. The molecule has 2 aliphatic heterocycles. The molecule has 0 radical (unpaired) electrons. The Labute approximate surface area is 177 Å². The Morgan fingerprint density at radius 1 is 1.28 bits per heavy atom. The van der Waals surface area contributed by atoms with Crippen LogP contribution in [0.15, 0.2) is 34.6 Å². The third-order valence-electron chi connectivity index (χ3n) is 5.69. The third kappa shape index (κ3) is 4.90. The quantitative estimate of drug-likeness (QED) is 0.602. The zero-order chi connectivity index (χ0) is 20.1. The zero-order valence-corrected chi connectivity index (χ0v) is 18.2. The van der Waals surface area contributed by atoms with Crippen LogP contribution in [0.3, 0.4) is 0 Å². The molecule has 156 valence electrons. The van der Waals surface area contributed by atoms with Crippen molar-refractivity contribution in [3.63, 3.8) is 0 Å². The molecule has 7 heteroatoms. The lowest BCUT2D eigenvalue weighted by molar-refractivity contribution is -0.00829. The standard InChI is InChI=1S/C22H31N5OS/c1-17-7-3-4-8-19(17)20-15-27(13-14-28-20)21(23-2)24-10-9-18-16-29-22(25-18)26-11-5-6-12-26/h3-4,7-8,16,20H,5-6,9-15H2,1-2H3,(H,23,24). The molecule has 1 N–H and O–H groups in total. The van der Waals surface area contributed by atoms with E-state index in [9.17, 15) is 0 Å². The number of morpholine rings is 1. The Kier molecular flexibility index (Phi) is 6.67. The minimum Gasteiger partial charge on any atom is -0.370 e. The van der Waals surface area contributed by atoms with Gasteiger partial charge < -0.3 is 19.9 Å². The molecule has 0 amide bonds. The second kappa shape index (κ2) is 9.59. The summed E-state index contributed by atoms with van der Waals surface area (Å²) in [5.74, 6) is 0.946. The summed E-state index contributed by atoms with van der Waals surface area (Å²) in [6, 6.07) is 8.48. The minimum absolute atomic E-state index is 0.0880. The largest absolute Gasteiger partial charge is 0.370 e. The van der Waals surface area contributed by atoms with Gasteiger partial charge in [0, 0.05) is 45.0 Å². The Hall–Kier alpha value is -2.12. The number of rotatable bonds is 5. The molecule has 0 bridgehead atoms. The Bertz CT molecular complexity index is 830. The first-order chi connectivity index (χ1) is 14.2. The highest BCUT2D eigenvalue weighted by Gasteiger charge is 2.25. The maximum atomic E-state index is 6.06. The van der Waals surface area contributed by atoms with Gasteiger partial charge in [-0.3, -0.25) is 4.99 Å². The molecule has 0 saturated carbocycles. The van der Waals surface area contributed by atoms with Crippen LogP contribution in [0.4, 0.5) is 5.13 Å². The van der Waals surface area contributed by atoms with Crippen molar-refractivity contribution in [3.05, 3.63) is 46.5 Å². The van der Waals surface area contributed by atoms with Crippen molar-refractivity contribution in [2.45, 2.75) is 32.3 Å². The fourth-order valence-electron chi connectivity index (χ4n) is 4.08. The van der Waals surface area contributed by atoms with Crippen LogP contribution in [0.25, 0.3) is 0 Å². The van der Waals surface area contributed by atoms with Crippen molar-refractivity contribution < 1.29 is 4.74 Å². The van der Waals surface area contributed by atoms with Crippen LogP contribution in [-0.2, 0) is 11.2 Å². The first-order valence-corrected chi connectivity index (χ1v) is 11.4. The van der Waals surface area contributed by atoms with E-state index < -0.39 is 0 Å². The molecule has 0 spiro atoms. The molecule has 2 aromatic rings. The van der Waals surface area contributed by atoms with Gasteiger partial charge in [0.25, 0.3) is 0 Å². The van der Waals surface area contributed by atoms with Gasteiger partial charge in [0.2, 0.25) is 0 Å². The van der Waals surface area contributed by atoms with Crippen molar-refractivity contribution >= 4 is 22.4 Å². The lowest BCUT2D eigenvalue weighted by Crippen LogP contribution is -2.48. The van der Waals surface area contributed by atoms with Gasteiger partial charge in [0.1, 0.15) is 6.10 Å². The summed E-state index contributed by atoms with van der Waals surface area (Å²) in [5, 5.41) is 6.90. The van der Waals surface area contributed by atoms with E-state index >= 15 is 0 Å². The molecule has 29 heavy (non-hydrogen) atoms. The molecule has 1 aromatic carbocycles. The number of aliphatic imine (C=N–C) groups is 1. The number of guanidine groups is 1. The highest BCUT2D eigenvalue weighted by atomic mass is 32.1. The van der Waals surface area contributed by atoms with Crippen molar-refractivity contribution in [1.82, 2.24) is 15.2 Å². The topological polar surface area (TPSA) is 53.0 Å². The number of ether oxygens (including phenoxy) is 1. The number of nitrogens with zero attached hydrogens (tertiary/aromatic N) is 4. The van der Waals surface area contributed by atoms with E-state index in [0.717, 1.165) is 45.1 Å². The number of aryl methyl sites for hydroxylation is 1. The van der Waals surface area contributed by atoms with E-state index in [0.29, 0.717) is 6.61 Å². The van der Waals surface area contributed by atoms with Crippen molar-refractivity contribution in [1.29, 1.82) is 0 Å². The van der Waals surface area contributed by atoms with Crippen LogP contribution in [0.2, 0.25) is 0 Å². The number of thiazole rings is 1. The second-order valence-corrected chi connectivity index (χ2v) is 8.54. The monoisotopic (exact) mass is 413 g/mol. The van der Waals surface area contributed by atoms with Gasteiger partial charge >= 0.3 is 0 Å². The Morgan fingerprint density at radius 3 is 2.90 bits per heavy atom. The zero-order valence-electron chi connectivity index (χ0n) is 17.4. The predicted molar refractivity (Wildman–Crippen MR) is 120 cm³/mol. The molecule has 2 fully saturated rings. The number of hydrogen-bond acceptors (Lipinski definition) is 5. The normalized spacial score (nSPS) is 20.3. The minimum atomic E-state index is 0.0880. The average Bonchev–Trinajstić information content (AvgIpc) is 3.44. The van der Waals surface area contributed by atoms with Gasteiger partial charge in [-0.15, -0.1) is 11.3 Å². The summed E-state index contributed by atoms with van der Waals surface area (Å²) < 4.78 is 6.06. The molecule has 2 aliphatic rings. The molecule has 1 atom stereocenters. The van der Waals surface area contributed by atoms with Gasteiger partial charge in [0.15, 0.2) is 11.1 Å². The van der Waals surface area contributed by atoms with E-state index in [1.807, 2.05) is 7.05 Å². The summed E-state index contributed by atoms with van der Waals surface area (Å²) >= 11 is 1.77. The number of benzene rings is 1. The smallest absolute Gasteiger partial charge is 0.193 e. The van der Waals surface area contributed by atoms with Crippen molar-refractivity contribution in [2.75, 3.05) is 51.3 Å². The summed E-state index contributed by atoms with van der Waals surface area (Å²) in [7, 11) is 1.86. The van der Waals surface area contributed by atoms with Crippen molar-refractivity contribution in [2.24, 2.45) is 4.99 Å². The van der Waals surface area contributed by atoms with Crippen LogP contribution in [0.5, 0.6) is 0 Å². The lowest BCUT2D eigenvalue weighted by Gasteiger charge is -2.35. The molecule has 3 heterocycles. The van der Waals surface area contributed by atoms with Crippen LogP contribution in [-0.4, -0.2) is 62.2 Å². The average molecular weight is 414 g/mol. The van der Waals surface area contributed by atoms with Gasteiger partial charge in [-0.2, -0.15) is 0 Å². The number of hydrogen-bond donors (Lipinski definition) is 1. The van der Waals surface area contributed by atoms with Gasteiger partial charge in [-0.1, -0.05) is 24.3 Å². The Morgan fingerprint density at radius 2 is 2.10 bits per heavy atom. The maximum Gasteiger partial charge on any atom is 0.193 e. The number of aromatic nitrogens is 1. The van der Waals surface area contributed by atoms with Gasteiger partial charge in [-0.25, -0.2) is 4.98 Å². The molecule has 0 aliphatic carbocycles. The van der Waals surface area contributed by atoms with Gasteiger partial charge in [-0.05, 0) is 30.9 Å². The summed E-state index contributed by atoms with van der Waals surface area (Å²) in [4.78, 5) is 14.0. The fourth-order valence-corrected chi connectivity index (χ4v) is 4.99. The van der Waals surface area contributed by atoms with E-state index in [4.69, 9.17) is 9.72 Å². The fraction of sp³-hybridized carbons (Fsp3) is 0.545. The first-order valence-electron chi connectivity index (χ1n) is 10.6. The molecular formula is C22H31N5OS. The van der Waals surface area contributed by atoms with Gasteiger partial charge in [0.05, 0.1) is 18.8 Å². The van der Waals surface area contributed by atoms with E-state index in [-0.39, 0.29) is 6.10 Å². The van der Waals surface area contributed by atoms with E-state index in [2.05, 4.69) is 56.7 Å². The van der Waals surface area contributed by atoms with Crippen molar-refractivity contribution in [3.8, 4) is 0 Å². The molecule has 1 unspecified atom stereocenters. The first kappa shape index (κ1) is 20.2. The van der Waals surface area contributed by atoms with Crippen LogP contribution >= 0.6 is 11.3 Å². The van der Waals surface area contributed by atoms with E-state index in [1.165, 1.54) is 34.8 Å². The maximum absolute atomic E-state index is 6.06. The second-order valence-electron chi connectivity index (χ2n) is 7.70. The van der Waals surface area contributed by atoms with E-state index in [1.54, 1.807) is 11.3 Å². The van der Waals surface area contributed by atoms with Crippen LogP contribution in [0.1, 0.15) is 35.8 Å². The molecule has 1 aromatic heterocycles. The summed E-state index contributed by atoms with van der Waals surface area (Å²) in [5.41, 5.74) is 3.71. The summed E-state index contributed by atoms with van der Waals surface area (Å²) in [6.45, 7) is 7.67.